The van der Waals surface area contributed by atoms with Crippen LogP contribution in [0.1, 0.15) is 45.4 Å². The van der Waals surface area contributed by atoms with Crippen molar-refractivity contribution in [3.8, 4) is 0 Å². The molecule has 0 aliphatic rings. The van der Waals surface area contributed by atoms with Gasteiger partial charge in [-0.3, -0.25) is 0 Å². The van der Waals surface area contributed by atoms with Crippen LogP contribution < -0.4 is 34.7 Å². The number of aliphatic carboxylic acids is 1. The molecule has 0 aromatic carbocycles. The number of rotatable bonds is 10. The monoisotopic (exact) mass is 275 g/mol. The molecule has 0 aromatic heterocycles. The van der Waals surface area contributed by atoms with Gasteiger partial charge >= 0.3 is 35.5 Å². The quantitative estimate of drug-likeness (QED) is 0.143. The Kier molecular flexibility index (Phi) is 16.9. The summed E-state index contributed by atoms with van der Waals surface area (Å²) in [5.41, 5.74) is 0. The first-order chi connectivity index (χ1) is 8.66. The molecule has 0 atom stereocenters. The smallest absolute Gasteiger partial charge is 0.859 e. The average Bonchev–Trinajstić information content (AvgIpc) is 2.34. The first-order valence-electron chi connectivity index (χ1n) is 6.44. The molecule has 4 nitrogen and oxygen atoms in total. The van der Waals surface area contributed by atoms with Crippen molar-refractivity contribution < 1.29 is 44.6 Å². The summed E-state index contributed by atoms with van der Waals surface area (Å²) < 4.78 is 0. The van der Waals surface area contributed by atoms with Gasteiger partial charge in [-0.2, -0.15) is 0 Å². The molecule has 0 fully saturated rings. The Morgan fingerprint density at radius 2 is 1.84 bits per heavy atom. The molecule has 5 heteroatoms. The van der Waals surface area contributed by atoms with E-state index in [1.165, 1.54) is 25.7 Å². The Labute approximate surface area is 137 Å². The minimum atomic E-state index is -1.13. The summed E-state index contributed by atoms with van der Waals surface area (Å²) in [5.74, 6) is -1.63. The molecule has 0 spiro atoms. The van der Waals surface area contributed by atoms with Crippen LogP contribution in [0.2, 0.25) is 0 Å². The number of carbonyl (C=O) groups is 1. The minimum absolute atomic E-state index is 0. The van der Waals surface area contributed by atoms with Crippen molar-refractivity contribution in [1.29, 1.82) is 0 Å². The maximum atomic E-state index is 11.0. The van der Waals surface area contributed by atoms with E-state index in [9.17, 15) is 9.90 Å². The molecule has 19 heavy (non-hydrogen) atoms. The standard InChI is InChI=1S/C14H23NO3.Na/c1-2-3-4-5-6-7-8-9-12-15-13(16)10-11-14(17)18;/h7-8,10-11H,2-6,9,12H2,1H3,(H,15,16)(H,17,18);/q;+1/p-1/b8-7+,11-10+;. The Bertz CT molecular complexity index is 312. The fourth-order valence-electron chi connectivity index (χ4n) is 1.37. The zero-order valence-electron chi connectivity index (χ0n) is 12.0. The van der Waals surface area contributed by atoms with Crippen LogP contribution >= 0.6 is 0 Å². The number of unbranched alkanes of at least 4 members (excludes halogenated alkanes) is 4. The van der Waals surface area contributed by atoms with Crippen molar-refractivity contribution in [2.45, 2.75) is 45.4 Å². The van der Waals surface area contributed by atoms with E-state index in [2.05, 4.69) is 18.0 Å². The maximum Gasteiger partial charge on any atom is 1.00 e. The van der Waals surface area contributed by atoms with Crippen molar-refractivity contribution in [1.82, 2.24) is 0 Å². The number of nitrogens with zero attached hydrogens (tertiary/aromatic N) is 1. The van der Waals surface area contributed by atoms with Gasteiger partial charge < -0.3 is 15.2 Å². The summed E-state index contributed by atoms with van der Waals surface area (Å²) in [5, 5.41) is 19.3. The van der Waals surface area contributed by atoms with Crippen LogP contribution in [0.4, 0.5) is 0 Å². The molecule has 0 aliphatic heterocycles. The molecule has 0 unspecified atom stereocenters. The van der Waals surface area contributed by atoms with Crippen LogP contribution in [0.15, 0.2) is 29.3 Å². The molecule has 1 N–H and O–H groups in total. The third kappa shape index (κ3) is 17.4. The maximum absolute atomic E-state index is 11.0. The van der Waals surface area contributed by atoms with Crippen molar-refractivity contribution >= 4 is 11.9 Å². The van der Waals surface area contributed by atoms with E-state index in [1.807, 2.05) is 6.08 Å². The zero-order chi connectivity index (χ0) is 13.6. The molecule has 0 rings (SSSR count). The van der Waals surface area contributed by atoms with E-state index < -0.39 is 11.9 Å². The van der Waals surface area contributed by atoms with Gasteiger partial charge in [-0.25, -0.2) is 4.79 Å². The molecule has 0 amide bonds. The summed E-state index contributed by atoms with van der Waals surface area (Å²) in [4.78, 5) is 13.8. The van der Waals surface area contributed by atoms with Crippen LogP contribution in [-0.2, 0) is 4.79 Å². The van der Waals surface area contributed by atoms with E-state index in [1.54, 1.807) is 0 Å². The fourth-order valence-corrected chi connectivity index (χ4v) is 1.37. The first-order valence-corrected chi connectivity index (χ1v) is 6.44. The number of aliphatic imine (C=N–C) groups is 1. The Balaban J connectivity index is 0. The number of carboxylic acids is 1. The molecule has 0 heterocycles. The van der Waals surface area contributed by atoms with Gasteiger partial charge in [0.15, 0.2) is 0 Å². The predicted molar refractivity (Wildman–Crippen MR) is 71.6 cm³/mol. The van der Waals surface area contributed by atoms with Gasteiger partial charge in [-0.1, -0.05) is 38.3 Å². The molecule has 0 aliphatic carbocycles. The number of carboxylic acid groups (broad SMARTS) is 1. The summed E-state index contributed by atoms with van der Waals surface area (Å²) >= 11 is 0. The molecule has 0 radical (unpaired) electrons. The van der Waals surface area contributed by atoms with Crippen molar-refractivity contribution in [3.05, 3.63) is 24.3 Å². The molecular weight excluding hydrogens is 253 g/mol. The van der Waals surface area contributed by atoms with E-state index in [0.29, 0.717) is 6.54 Å². The molecule has 0 bridgehead atoms. The van der Waals surface area contributed by atoms with Gasteiger partial charge in [0.05, 0.1) is 0 Å². The second-order valence-corrected chi connectivity index (χ2v) is 4.00. The van der Waals surface area contributed by atoms with Gasteiger partial charge in [-0.05, 0) is 31.2 Å². The first kappa shape index (κ1) is 20.7. The summed E-state index contributed by atoms with van der Waals surface area (Å²) in [6.45, 7) is 2.60. The minimum Gasteiger partial charge on any atom is -0.859 e. The molecule has 0 saturated heterocycles. The largest absolute Gasteiger partial charge is 1.00 e. The summed E-state index contributed by atoms with van der Waals surface area (Å²) in [6.07, 6.45) is 12.7. The van der Waals surface area contributed by atoms with Gasteiger partial charge in [0.2, 0.25) is 0 Å². The second-order valence-electron chi connectivity index (χ2n) is 4.00. The summed E-state index contributed by atoms with van der Waals surface area (Å²) in [6, 6.07) is 0. The van der Waals surface area contributed by atoms with E-state index >= 15 is 0 Å². The van der Waals surface area contributed by atoms with E-state index in [0.717, 1.165) is 25.0 Å². The second kappa shape index (κ2) is 15.5. The number of allylic oxidation sites excluding steroid dienone is 1. The molecule has 102 valence electrons. The van der Waals surface area contributed by atoms with E-state index in [4.69, 9.17) is 5.11 Å². The normalized spacial score (nSPS) is 11.9. The van der Waals surface area contributed by atoms with Crippen LogP contribution in [0.5, 0.6) is 0 Å². The van der Waals surface area contributed by atoms with Gasteiger partial charge in [0.1, 0.15) is 0 Å². The van der Waals surface area contributed by atoms with Gasteiger partial charge in [0.25, 0.3) is 0 Å². The fraction of sp³-hybridized carbons (Fsp3) is 0.571. The molecule has 0 aromatic rings. The van der Waals surface area contributed by atoms with Crippen molar-refractivity contribution in [2.24, 2.45) is 4.99 Å². The van der Waals surface area contributed by atoms with Gasteiger partial charge in [0, 0.05) is 12.6 Å². The van der Waals surface area contributed by atoms with Crippen molar-refractivity contribution in [3.63, 3.8) is 0 Å². The molecular formula is C14H22NNaO3. The van der Waals surface area contributed by atoms with Crippen LogP contribution in [0.3, 0.4) is 0 Å². The third-order valence-electron chi connectivity index (χ3n) is 2.32. The third-order valence-corrected chi connectivity index (χ3v) is 2.32. The Morgan fingerprint density at radius 3 is 2.47 bits per heavy atom. The van der Waals surface area contributed by atoms with Crippen LogP contribution in [0, 0.1) is 0 Å². The van der Waals surface area contributed by atoms with E-state index in [-0.39, 0.29) is 29.6 Å². The Morgan fingerprint density at radius 1 is 1.16 bits per heavy atom. The average molecular weight is 275 g/mol. The SMILES string of the molecule is CCCCCC/C=C/CCN=C([O-])/C=C/C(=O)O.[Na+]. The number of hydrogen-bond acceptors (Lipinski definition) is 3. The van der Waals surface area contributed by atoms with Crippen LogP contribution in [-0.4, -0.2) is 23.5 Å². The van der Waals surface area contributed by atoms with Crippen molar-refractivity contribution in [2.75, 3.05) is 6.54 Å². The van der Waals surface area contributed by atoms with Gasteiger partial charge in [-0.15, -0.1) is 0 Å². The predicted octanol–water partition coefficient (Wildman–Crippen LogP) is -0.693. The topological polar surface area (TPSA) is 72.7 Å². The van der Waals surface area contributed by atoms with Crippen LogP contribution in [0.25, 0.3) is 0 Å². The zero-order valence-corrected chi connectivity index (χ0v) is 14.0. The summed E-state index contributed by atoms with van der Waals surface area (Å²) in [7, 11) is 0. The molecule has 0 saturated carbocycles. The Hall–Kier alpha value is -0.580. The number of hydrogen-bond donors (Lipinski definition) is 1.